The molecule has 1 N–H and O–H groups in total. The number of nitrogens with zero attached hydrogens (tertiary/aromatic N) is 2. The Kier molecular flexibility index (Phi) is 8.55. The Hall–Kier alpha value is -2.05. The maximum Gasteiger partial charge on any atom is 0.408 e. The third kappa shape index (κ3) is 7.25. The van der Waals surface area contributed by atoms with Crippen LogP contribution in [0, 0.1) is 11.3 Å². The van der Waals surface area contributed by atoms with Gasteiger partial charge in [-0.1, -0.05) is 12.1 Å². The zero-order valence-electron chi connectivity index (χ0n) is 18.9. The molecular formula is C22H31N3O4S2. The molecule has 9 heteroatoms. The first-order valence-electron chi connectivity index (χ1n) is 10.0. The molecule has 0 saturated carbocycles. The van der Waals surface area contributed by atoms with Crippen LogP contribution in [-0.4, -0.2) is 58.1 Å². The van der Waals surface area contributed by atoms with Crippen LogP contribution in [-0.2, 0) is 15.3 Å². The molecule has 1 aromatic carbocycles. The van der Waals surface area contributed by atoms with Crippen LogP contribution in [0.2, 0.25) is 0 Å². The van der Waals surface area contributed by atoms with Gasteiger partial charge in [0.05, 0.1) is 19.1 Å². The number of amides is 2. The second-order valence-corrected chi connectivity index (χ2v) is 11.4. The van der Waals surface area contributed by atoms with E-state index in [0.29, 0.717) is 17.4 Å². The molecule has 1 heterocycles. The molecule has 1 fully saturated rings. The van der Waals surface area contributed by atoms with Gasteiger partial charge in [-0.3, -0.25) is 4.79 Å². The number of carbonyl (C=O) groups excluding carboxylic acids is 2. The van der Waals surface area contributed by atoms with Crippen LogP contribution in [0.4, 0.5) is 4.79 Å². The summed E-state index contributed by atoms with van der Waals surface area (Å²) in [6.45, 7) is 9.17. The maximum atomic E-state index is 13.4. The van der Waals surface area contributed by atoms with Crippen molar-refractivity contribution in [2.75, 3.05) is 18.7 Å². The van der Waals surface area contributed by atoms with Crippen molar-refractivity contribution in [3.63, 3.8) is 0 Å². The van der Waals surface area contributed by atoms with E-state index in [1.54, 1.807) is 44.5 Å². The summed E-state index contributed by atoms with van der Waals surface area (Å²) in [5, 5.41) is 12.2. The second kappa shape index (κ2) is 10.5. The molecule has 0 unspecified atom stereocenters. The van der Waals surface area contributed by atoms with Gasteiger partial charge in [0.1, 0.15) is 23.4 Å². The van der Waals surface area contributed by atoms with Gasteiger partial charge in [-0.15, -0.1) is 23.5 Å². The lowest BCUT2D eigenvalue weighted by Gasteiger charge is -2.36. The monoisotopic (exact) mass is 465 g/mol. The molecule has 0 aromatic heterocycles. The number of nitrogens with one attached hydrogen (secondary N) is 1. The molecule has 2 atom stereocenters. The summed E-state index contributed by atoms with van der Waals surface area (Å²) in [6, 6.07) is 8.57. The minimum atomic E-state index is -0.847. The third-order valence-corrected chi connectivity index (χ3v) is 7.16. The molecule has 2 amide bonds. The minimum Gasteiger partial charge on any atom is -0.497 e. The summed E-state index contributed by atoms with van der Waals surface area (Å²) in [5.41, 5.74) is 0.394. The van der Waals surface area contributed by atoms with Crippen molar-refractivity contribution < 1.29 is 19.1 Å². The van der Waals surface area contributed by atoms with Gasteiger partial charge >= 0.3 is 6.09 Å². The number of nitriles is 1. The summed E-state index contributed by atoms with van der Waals surface area (Å²) in [4.78, 5) is 27.5. The fraction of sp³-hybridized carbons (Fsp3) is 0.591. The van der Waals surface area contributed by atoms with Gasteiger partial charge in [0.2, 0.25) is 5.91 Å². The summed E-state index contributed by atoms with van der Waals surface area (Å²) < 4.78 is 9.95. The number of benzene rings is 1. The molecule has 0 spiro atoms. The van der Waals surface area contributed by atoms with Crippen molar-refractivity contribution in [2.45, 2.75) is 62.8 Å². The summed E-state index contributed by atoms with van der Waals surface area (Å²) in [7, 11) is 1.62. The maximum absolute atomic E-state index is 13.4. The van der Waals surface area contributed by atoms with Gasteiger partial charge in [0, 0.05) is 16.3 Å². The number of alkyl carbamates (subject to hydrolysis) is 1. The number of ether oxygens (including phenoxy) is 2. The van der Waals surface area contributed by atoms with Crippen molar-refractivity contribution in [2.24, 2.45) is 0 Å². The van der Waals surface area contributed by atoms with E-state index in [2.05, 4.69) is 11.4 Å². The number of hydrogen-bond donors (Lipinski definition) is 1. The Balaban J connectivity index is 2.20. The Labute approximate surface area is 193 Å². The molecule has 1 aliphatic rings. The number of hydrogen-bond acceptors (Lipinski definition) is 7. The van der Waals surface area contributed by atoms with E-state index >= 15 is 0 Å². The molecule has 1 aliphatic heterocycles. The predicted octanol–water partition coefficient (Wildman–Crippen LogP) is 4.03. The molecule has 1 aromatic rings. The van der Waals surface area contributed by atoms with Crippen LogP contribution < -0.4 is 10.1 Å². The van der Waals surface area contributed by atoms with Crippen molar-refractivity contribution in [3.05, 3.63) is 29.8 Å². The van der Waals surface area contributed by atoms with E-state index in [4.69, 9.17) is 9.47 Å². The molecule has 0 radical (unpaired) electrons. The lowest BCUT2D eigenvalue weighted by Crippen LogP contribution is -2.58. The molecule has 7 nitrogen and oxygen atoms in total. The minimum absolute atomic E-state index is 0.269. The van der Waals surface area contributed by atoms with Crippen LogP contribution in [0.15, 0.2) is 24.3 Å². The van der Waals surface area contributed by atoms with Crippen LogP contribution in [0.25, 0.3) is 0 Å². The van der Waals surface area contributed by atoms with Crippen LogP contribution in [0.1, 0.15) is 40.2 Å². The molecule has 2 rings (SSSR count). The fourth-order valence-electron chi connectivity index (χ4n) is 2.97. The highest BCUT2D eigenvalue weighted by Gasteiger charge is 2.43. The van der Waals surface area contributed by atoms with Gasteiger partial charge in [-0.05, 0) is 52.3 Å². The standard InChI is InChI=1S/C22H31N3O4S2/c1-21(2,3)29-20(27)24-18(19(26)25-14-30-13-16(25)11-23)22(4,5)31-12-15-7-9-17(28-6)10-8-15/h7-10,16,18H,12-14H2,1-6H3,(H,24,27)/t16-,18-/m1/s1. The third-order valence-electron chi connectivity index (χ3n) is 4.69. The van der Waals surface area contributed by atoms with E-state index in [-0.39, 0.29) is 5.91 Å². The first-order chi connectivity index (χ1) is 14.5. The number of thioether (sulfide) groups is 2. The van der Waals surface area contributed by atoms with Crippen molar-refractivity contribution in [1.82, 2.24) is 10.2 Å². The topological polar surface area (TPSA) is 91.7 Å². The van der Waals surface area contributed by atoms with Gasteiger partial charge in [-0.25, -0.2) is 4.79 Å². The first-order valence-corrected chi connectivity index (χ1v) is 12.1. The molecule has 1 saturated heterocycles. The Bertz CT molecular complexity index is 816. The normalized spacial score (nSPS) is 17.6. The summed E-state index contributed by atoms with van der Waals surface area (Å²) in [5.74, 6) is 2.16. The highest BCUT2D eigenvalue weighted by molar-refractivity contribution is 8.00. The van der Waals surface area contributed by atoms with E-state index in [1.165, 1.54) is 11.8 Å². The van der Waals surface area contributed by atoms with Crippen LogP contribution >= 0.6 is 23.5 Å². The van der Waals surface area contributed by atoms with E-state index < -0.39 is 28.5 Å². The Morgan fingerprint density at radius 3 is 2.48 bits per heavy atom. The van der Waals surface area contributed by atoms with Crippen molar-refractivity contribution in [3.8, 4) is 11.8 Å². The predicted molar refractivity (Wildman–Crippen MR) is 125 cm³/mol. The summed E-state index contributed by atoms with van der Waals surface area (Å²) >= 11 is 3.09. The van der Waals surface area contributed by atoms with E-state index in [1.807, 2.05) is 38.1 Å². The van der Waals surface area contributed by atoms with Gasteiger partial charge in [-0.2, -0.15) is 5.26 Å². The van der Waals surface area contributed by atoms with Crippen molar-refractivity contribution in [1.29, 1.82) is 5.26 Å². The van der Waals surface area contributed by atoms with E-state index in [0.717, 1.165) is 11.3 Å². The fourth-order valence-corrected chi connectivity index (χ4v) is 5.11. The summed E-state index contributed by atoms with van der Waals surface area (Å²) in [6.07, 6.45) is -0.649. The molecular weight excluding hydrogens is 434 g/mol. The van der Waals surface area contributed by atoms with Gasteiger partial charge in [0.15, 0.2) is 0 Å². The van der Waals surface area contributed by atoms with Crippen LogP contribution in [0.5, 0.6) is 5.75 Å². The van der Waals surface area contributed by atoms with Crippen molar-refractivity contribution >= 4 is 35.5 Å². The highest BCUT2D eigenvalue weighted by Crippen LogP contribution is 2.34. The lowest BCUT2D eigenvalue weighted by atomic mass is 10.0. The van der Waals surface area contributed by atoms with Crippen LogP contribution in [0.3, 0.4) is 0 Å². The quantitative estimate of drug-likeness (QED) is 0.650. The largest absolute Gasteiger partial charge is 0.497 e. The Morgan fingerprint density at radius 1 is 1.29 bits per heavy atom. The zero-order chi connectivity index (χ0) is 23.2. The number of carbonyl (C=O) groups is 2. The average Bonchev–Trinajstić information content (AvgIpc) is 3.18. The Morgan fingerprint density at radius 2 is 1.94 bits per heavy atom. The molecule has 31 heavy (non-hydrogen) atoms. The smallest absolute Gasteiger partial charge is 0.408 e. The lowest BCUT2D eigenvalue weighted by molar-refractivity contribution is -0.133. The van der Waals surface area contributed by atoms with Gasteiger partial charge < -0.3 is 19.7 Å². The number of methoxy groups -OCH3 is 1. The highest BCUT2D eigenvalue weighted by atomic mass is 32.2. The molecule has 0 aliphatic carbocycles. The molecule has 170 valence electrons. The SMILES string of the molecule is COc1ccc(CSC(C)(C)[C@H](NC(=O)OC(C)(C)C)C(=O)N2CSC[C@H]2C#N)cc1. The number of rotatable bonds is 7. The zero-order valence-corrected chi connectivity index (χ0v) is 20.6. The van der Waals surface area contributed by atoms with Gasteiger partial charge in [0.25, 0.3) is 0 Å². The average molecular weight is 466 g/mol. The first kappa shape index (κ1) is 25.2. The van der Waals surface area contributed by atoms with E-state index in [9.17, 15) is 14.9 Å². The molecule has 0 bridgehead atoms. The second-order valence-electron chi connectivity index (χ2n) is 8.77.